The molecule has 5 nitrogen and oxygen atoms in total. The van der Waals surface area contributed by atoms with E-state index in [1.165, 1.54) is 5.56 Å². The number of hydrogen-bond donors (Lipinski definition) is 2. The number of aryl methyl sites for hydroxylation is 1. The van der Waals surface area contributed by atoms with Crippen molar-refractivity contribution in [2.75, 3.05) is 27.2 Å². The van der Waals surface area contributed by atoms with Crippen LogP contribution in [0.25, 0.3) is 0 Å². The third kappa shape index (κ3) is 10.7. The number of aliphatic imine (C=N–C) groups is 1. The van der Waals surface area contributed by atoms with Gasteiger partial charge in [-0.3, -0.25) is 9.79 Å². The number of halogens is 2. The van der Waals surface area contributed by atoms with E-state index in [-0.39, 0.29) is 42.0 Å². The van der Waals surface area contributed by atoms with Crippen LogP contribution < -0.4 is 10.6 Å². The summed E-state index contributed by atoms with van der Waals surface area (Å²) in [5.41, 5.74) is 1.08. The number of nitrogens with zero attached hydrogens (tertiary/aromatic N) is 2. The van der Waals surface area contributed by atoms with Crippen LogP contribution in [-0.4, -0.2) is 49.5 Å². The molecule has 1 rings (SSSR count). The lowest BCUT2D eigenvalue weighted by molar-refractivity contribution is -0.122. The summed E-state index contributed by atoms with van der Waals surface area (Å²) in [6, 6.07) is 8.34. The molecule has 1 aromatic rings. The van der Waals surface area contributed by atoms with Gasteiger partial charge in [-0.05, 0) is 51.3 Å². The Balaban J connectivity index is 0.00000576. The maximum atomic E-state index is 12.0. The maximum absolute atomic E-state index is 12.0. The van der Waals surface area contributed by atoms with Gasteiger partial charge in [-0.25, -0.2) is 0 Å². The molecule has 0 unspecified atom stereocenters. The minimum Gasteiger partial charge on any atom is -0.356 e. The predicted octanol–water partition coefficient (Wildman–Crippen LogP) is 3.42. The number of amides is 1. The molecule has 0 fully saturated rings. The Kier molecular flexibility index (Phi) is 11.3. The number of benzene rings is 1. The van der Waals surface area contributed by atoms with E-state index in [2.05, 4.69) is 43.7 Å². The molecule has 0 aliphatic heterocycles. The van der Waals surface area contributed by atoms with Crippen LogP contribution in [0.4, 0.5) is 0 Å². The highest BCUT2D eigenvalue weighted by Crippen LogP contribution is 2.12. The zero-order valence-electron chi connectivity index (χ0n) is 15.7. The molecule has 1 aromatic carbocycles. The second-order valence-corrected chi connectivity index (χ2v) is 7.78. The van der Waals surface area contributed by atoms with E-state index in [1.54, 1.807) is 7.05 Å². The summed E-state index contributed by atoms with van der Waals surface area (Å²) in [6.45, 7) is 7.01. The number of nitrogens with one attached hydrogen (secondary N) is 2. The minimum absolute atomic E-state index is 0. The van der Waals surface area contributed by atoms with Crippen molar-refractivity contribution in [3.05, 3.63) is 34.3 Å². The molecule has 0 heterocycles. The summed E-state index contributed by atoms with van der Waals surface area (Å²) in [5, 5.41) is 6.26. The van der Waals surface area contributed by atoms with Gasteiger partial charge in [-0.15, -0.1) is 24.0 Å². The molecule has 0 saturated heterocycles. The fraction of sp³-hybridized carbons (Fsp3) is 0.556. The number of guanidine groups is 1. The van der Waals surface area contributed by atoms with E-state index in [9.17, 15) is 4.79 Å². The van der Waals surface area contributed by atoms with E-state index in [1.807, 2.05) is 44.9 Å². The van der Waals surface area contributed by atoms with Gasteiger partial charge in [0.2, 0.25) is 5.91 Å². The van der Waals surface area contributed by atoms with Gasteiger partial charge in [0, 0.05) is 30.7 Å². The molecule has 142 valence electrons. The van der Waals surface area contributed by atoms with Crippen LogP contribution >= 0.6 is 39.9 Å². The molecule has 0 radical (unpaired) electrons. The molecule has 0 bridgehead atoms. The fourth-order valence-electron chi connectivity index (χ4n) is 2.32. The summed E-state index contributed by atoms with van der Waals surface area (Å²) in [7, 11) is 3.60. The van der Waals surface area contributed by atoms with Gasteiger partial charge in [0.25, 0.3) is 0 Å². The first-order chi connectivity index (χ1) is 11.2. The molecular weight excluding hydrogens is 495 g/mol. The number of carbonyl (C=O) groups excluding carboxylic acids is 1. The third-order valence-electron chi connectivity index (χ3n) is 3.28. The quantitative estimate of drug-likeness (QED) is 0.259. The van der Waals surface area contributed by atoms with Gasteiger partial charge >= 0.3 is 0 Å². The highest BCUT2D eigenvalue weighted by Gasteiger charge is 2.16. The first-order valence-electron chi connectivity index (χ1n) is 8.18. The molecular formula is C18H30BrIN4O. The van der Waals surface area contributed by atoms with E-state index >= 15 is 0 Å². The summed E-state index contributed by atoms with van der Waals surface area (Å²) < 4.78 is 1.10. The molecule has 7 heteroatoms. The Hall–Kier alpha value is -0.830. The highest BCUT2D eigenvalue weighted by molar-refractivity contribution is 14.0. The fourth-order valence-corrected chi connectivity index (χ4v) is 2.76. The van der Waals surface area contributed by atoms with Gasteiger partial charge in [-0.2, -0.15) is 0 Å². The monoisotopic (exact) mass is 524 g/mol. The summed E-state index contributed by atoms with van der Waals surface area (Å²) in [6.07, 6.45) is 2.00. The lowest BCUT2D eigenvalue weighted by atomic mass is 10.1. The Labute approximate surface area is 177 Å². The highest BCUT2D eigenvalue weighted by atomic mass is 127. The molecule has 0 atom stereocenters. The third-order valence-corrected chi connectivity index (χ3v) is 3.78. The van der Waals surface area contributed by atoms with Crippen LogP contribution in [0.2, 0.25) is 0 Å². The van der Waals surface area contributed by atoms with Gasteiger partial charge < -0.3 is 15.5 Å². The van der Waals surface area contributed by atoms with Crippen LogP contribution in [0.15, 0.2) is 33.7 Å². The Morgan fingerprint density at radius 3 is 2.56 bits per heavy atom. The van der Waals surface area contributed by atoms with E-state index in [0.717, 1.165) is 29.8 Å². The summed E-state index contributed by atoms with van der Waals surface area (Å²) >= 11 is 3.49. The number of rotatable bonds is 6. The number of likely N-dealkylation sites (N-methyl/N-ethyl adjacent to an activating group) is 1. The van der Waals surface area contributed by atoms with Gasteiger partial charge in [0.15, 0.2) is 5.96 Å². The average Bonchev–Trinajstić information content (AvgIpc) is 2.45. The first-order valence-corrected chi connectivity index (χ1v) is 8.98. The topological polar surface area (TPSA) is 56.7 Å². The molecule has 0 aliphatic rings. The molecule has 0 aromatic heterocycles. The van der Waals surface area contributed by atoms with Crippen molar-refractivity contribution < 1.29 is 4.79 Å². The van der Waals surface area contributed by atoms with Gasteiger partial charge in [0.1, 0.15) is 0 Å². The molecule has 0 spiro atoms. The summed E-state index contributed by atoms with van der Waals surface area (Å²) in [5.74, 6) is 0.718. The zero-order valence-corrected chi connectivity index (χ0v) is 19.6. The number of hydrogen-bond acceptors (Lipinski definition) is 2. The van der Waals surface area contributed by atoms with Crippen LogP contribution in [0.5, 0.6) is 0 Å². The largest absolute Gasteiger partial charge is 0.356 e. The lowest BCUT2D eigenvalue weighted by Gasteiger charge is -2.25. The van der Waals surface area contributed by atoms with Crippen LogP contribution in [-0.2, 0) is 11.2 Å². The smallest absolute Gasteiger partial charge is 0.240 e. The van der Waals surface area contributed by atoms with Crippen molar-refractivity contribution in [3.8, 4) is 0 Å². The molecule has 0 aliphatic carbocycles. The normalized spacial score (nSPS) is 11.5. The second kappa shape index (κ2) is 11.7. The lowest BCUT2D eigenvalue weighted by Crippen LogP contribution is -2.48. The average molecular weight is 525 g/mol. The van der Waals surface area contributed by atoms with Gasteiger partial charge in [0.05, 0.1) is 6.54 Å². The van der Waals surface area contributed by atoms with Crippen LogP contribution in [0.3, 0.4) is 0 Å². The van der Waals surface area contributed by atoms with Crippen molar-refractivity contribution in [3.63, 3.8) is 0 Å². The molecule has 0 saturated carbocycles. The standard InChI is InChI=1S/C18H29BrN4O.HI/c1-18(2,3)22-16(24)13-23(5)17(20-4)21-11-7-9-14-8-6-10-15(19)12-14;/h6,8,10,12H,7,9,11,13H2,1-5H3,(H,20,21)(H,22,24);1H. The van der Waals surface area contributed by atoms with Gasteiger partial charge in [-0.1, -0.05) is 28.1 Å². The minimum atomic E-state index is -0.223. The Morgan fingerprint density at radius 2 is 2.00 bits per heavy atom. The van der Waals surface area contributed by atoms with Crippen molar-refractivity contribution in [2.45, 2.75) is 39.2 Å². The SMILES string of the molecule is CN=C(NCCCc1cccc(Br)c1)N(C)CC(=O)NC(C)(C)C.I. The van der Waals surface area contributed by atoms with Crippen molar-refractivity contribution in [2.24, 2.45) is 4.99 Å². The summed E-state index contributed by atoms with van der Waals surface area (Å²) in [4.78, 5) is 18.1. The van der Waals surface area contributed by atoms with E-state index in [4.69, 9.17) is 0 Å². The number of carbonyl (C=O) groups is 1. The van der Waals surface area contributed by atoms with E-state index < -0.39 is 0 Å². The molecule has 2 N–H and O–H groups in total. The van der Waals surface area contributed by atoms with Crippen LogP contribution in [0, 0.1) is 0 Å². The van der Waals surface area contributed by atoms with Crippen molar-refractivity contribution in [1.29, 1.82) is 0 Å². The predicted molar refractivity (Wildman–Crippen MR) is 120 cm³/mol. The van der Waals surface area contributed by atoms with E-state index in [0.29, 0.717) is 0 Å². The molecule has 25 heavy (non-hydrogen) atoms. The zero-order chi connectivity index (χ0) is 18.2. The van der Waals surface area contributed by atoms with Crippen molar-refractivity contribution >= 4 is 51.8 Å². The van der Waals surface area contributed by atoms with Crippen LogP contribution in [0.1, 0.15) is 32.8 Å². The second-order valence-electron chi connectivity index (χ2n) is 6.86. The Morgan fingerprint density at radius 1 is 1.32 bits per heavy atom. The van der Waals surface area contributed by atoms with Crippen molar-refractivity contribution in [1.82, 2.24) is 15.5 Å². The molecule has 1 amide bonds. The Bertz CT molecular complexity index is 572. The maximum Gasteiger partial charge on any atom is 0.240 e. The first kappa shape index (κ1) is 24.2.